The zero-order valence-electron chi connectivity index (χ0n) is 12.6. The summed E-state index contributed by atoms with van der Waals surface area (Å²) in [5.74, 6) is 0. The van der Waals surface area contributed by atoms with E-state index in [9.17, 15) is 0 Å². The minimum atomic E-state index is 0.0614. The molecule has 0 aliphatic carbocycles. The Morgan fingerprint density at radius 2 is 1.95 bits per heavy atom. The SMILES string of the molecule is Cc1ccc(C)c(NC2CCOC3(CCOCC3)C2)c1. The van der Waals surface area contributed by atoms with Crippen molar-refractivity contribution in [2.45, 2.75) is 51.2 Å². The highest BCUT2D eigenvalue weighted by Gasteiger charge is 2.39. The standard InChI is InChI=1S/C17H25NO2/c1-13-3-4-14(2)16(11-13)18-15-5-8-20-17(12-15)6-9-19-10-7-17/h3-4,11,15,18H,5-10,12H2,1-2H3. The number of rotatable bonds is 2. The van der Waals surface area contributed by atoms with Crippen LogP contribution in [0, 0.1) is 13.8 Å². The van der Waals surface area contributed by atoms with Gasteiger partial charge in [0.05, 0.1) is 5.60 Å². The van der Waals surface area contributed by atoms with Gasteiger partial charge in [0.25, 0.3) is 0 Å². The predicted molar refractivity (Wildman–Crippen MR) is 81.3 cm³/mol. The second-order valence-electron chi connectivity index (χ2n) is 6.30. The lowest BCUT2D eigenvalue weighted by atomic mass is 9.84. The molecule has 1 aromatic carbocycles. The van der Waals surface area contributed by atoms with Crippen molar-refractivity contribution in [3.8, 4) is 0 Å². The van der Waals surface area contributed by atoms with Gasteiger partial charge in [-0.1, -0.05) is 12.1 Å². The number of hydrogen-bond acceptors (Lipinski definition) is 3. The summed E-state index contributed by atoms with van der Waals surface area (Å²) in [7, 11) is 0. The van der Waals surface area contributed by atoms with Crippen molar-refractivity contribution in [2.75, 3.05) is 25.1 Å². The third-order valence-corrected chi connectivity index (χ3v) is 4.65. The monoisotopic (exact) mass is 275 g/mol. The molecule has 2 fully saturated rings. The Bertz CT molecular complexity index is 461. The van der Waals surface area contributed by atoms with E-state index in [2.05, 4.69) is 37.4 Å². The van der Waals surface area contributed by atoms with E-state index in [4.69, 9.17) is 9.47 Å². The molecule has 1 N–H and O–H groups in total. The van der Waals surface area contributed by atoms with Crippen molar-refractivity contribution in [1.82, 2.24) is 0 Å². The molecule has 3 heteroatoms. The Kier molecular flexibility index (Phi) is 3.99. The van der Waals surface area contributed by atoms with Crippen LogP contribution in [0.3, 0.4) is 0 Å². The molecule has 0 bridgehead atoms. The minimum absolute atomic E-state index is 0.0614. The second-order valence-corrected chi connectivity index (χ2v) is 6.30. The predicted octanol–water partition coefficient (Wildman–Crippen LogP) is 3.44. The van der Waals surface area contributed by atoms with Crippen molar-refractivity contribution in [3.63, 3.8) is 0 Å². The summed E-state index contributed by atoms with van der Waals surface area (Å²) < 4.78 is 11.6. The number of ether oxygens (including phenoxy) is 2. The van der Waals surface area contributed by atoms with Gasteiger partial charge < -0.3 is 14.8 Å². The number of anilines is 1. The normalized spacial score (nSPS) is 25.6. The Hall–Kier alpha value is -1.06. The largest absolute Gasteiger partial charge is 0.382 e. The molecule has 2 aliphatic heterocycles. The highest BCUT2D eigenvalue weighted by molar-refractivity contribution is 5.53. The van der Waals surface area contributed by atoms with Gasteiger partial charge in [0.15, 0.2) is 0 Å². The number of nitrogens with one attached hydrogen (secondary N) is 1. The first-order chi connectivity index (χ1) is 9.67. The highest BCUT2D eigenvalue weighted by atomic mass is 16.5. The maximum atomic E-state index is 6.11. The Morgan fingerprint density at radius 1 is 1.15 bits per heavy atom. The molecule has 3 rings (SSSR count). The lowest BCUT2D eigenvalue weighted by Gasteiger charge is -2.43. The third-order valence-electron chi connectivity index (χ3n) is 4.65. The van der Waals surface area contributed by atoms with Crippen LogP contribution in [0.2, 0.25) is 0 Å². The van der Waals surface area contributed by atoms with Crippen LogP contribution in [0.5, 0.6) is 0 Å². The molecular weight excluding hydrogens is 250 g/mol. The molecule has 1 aromatic rings. The molecule has 1 atom stereocenters. The van der Waals surface area contributed by atoms with Crippen LogP contribution in [0.1, 0.15) is 36.8 Å². The van der Waals surface area contributed by atoms with Crippen molar-refractivity contribution in [2.24, 2.45) is 0 Å². The van der Waals surface area contributed by atoms with Gasteiger partial charge in [-0.15, -0.1) is 0 Å². The summed E-state index contributed by atoms with van der Waals surface area (Å²) >= 11 is 0. The summed E-state index contributed by atoms with van der Waals surface area (Å²) in [5.41, 5.74) is 3.97. The fraction of sp³-hybridized carbons (Fsp3) is 0.647. The quantitative estimate of drug-likeness (QED) is 0.897. The molecule has 0 amide bonds. The molecule has 1 unspecified atom stereocenters. The van der Waals surface area contributed by atoms with Gasteiger partial charge in [-0.25, -0.2) is 0 Å². The lowest BCUT2D eigenvalue weighted by Crippen LogP contribution is -2.47. The zero-order chi connectivity index (χ0) is 14.0. The topological polar surface area (TPSA) is 30.5 Å². The molecule has 0 aromatic heterocycles. The van der Waals surface area contributed by atoms with Gasteiger partial charge in [0.1, 0.15) is 0 Å². The first-order valence-electron chi connectivity index (χ1n) is 7.72. The average Bonchev–Trinajstić information content (AvgIpc) is 2.44. The molecule has 2 aliphatic rings. The minimum Gasteiger partial charge on any atom is -0.382 e. The van der Waals surface area contributed by atoms with Crippen LogP contribution < -0.4 is 5.32 Å². The van der Waals surface area contributed by atoms with Gasteiger partial charge in [0.2, 0.25) is 0 Å². The van der Waals surface area contributed by atoms with Gasteiger partial charge in [0, 0.05) is 31.5 Å². The van der Waals surface area contributed by atoms with Gasteiger partial charge >= 0.3 is 0 Å². The van der Waals surface area contributed by atoms with Crippen molar-refractivity contribution in [3.05, 3.63) is 29.3 Å². The molecular formula is C17H25NO2. The van der Waals surface area contributed by atoms with E-state index in [0.29, 0.717) is 6.04 Å². The van der Waals surface area contributed by atoms with E-state index in [1.54, 1.807) is 0 Å². The maximum Gasteiger partial charge on any atom is 0.0745 e. The molecule has 0 radical (unpaired) electrons. The van der Waals surface area contributed by atoms with Gasteiger partial charge in [-0.2, -0.15) is 0 Å². The second kappa shape index (κ2) is 5.74. The highest BCUT2D eigenvalue weighted by Crippen LogP contribution is 2.35. The van der Waals surface area contributed by atoms with Crippen LogP contribution in [0.25, 0.3) is 0 Å². The fourth-order valence-electron chi connectivity index (χ4n) is 3.35. The average molecular weight is 275 g/mol. The summed E-state index contributed by atoms with van der Waals surface area (Å²) in [5, 5.41) is 3.74. The molecule has 2 saturated heterocycles. The summed E-state index contributed by atoms with van der Waals surface area (Å²) in [6.45, 7) is 6.87. The summed E-state index contributed by atoms with van der Waals surface area (Å²) in [6.07, 6.45) is 4.27. The van der Waals surface area contributed by atoms with Crippen LogP contribution in [-0.2, 0) is 9.47 Å². The molecule has 2 heterocycles. The van der Waals surface area contributed by atoms with Crippen molar-refractivity contribution in [1.29, 1.82) is 0 Å². The van der Waals surface area contributed by atoms with Crippen molar-refractivity contribution < 1.29 is 9.47 Å². The molecule has 110 valence electrons. The first-order valence-corrected chi connectivity index (χ1v) is 7.72. The molecule has 1 spiro atoms. The summed E-state index contributed by atoms with van der Waals surface area (Å²) in [6, 6.07) is 7.13. The smallest absolute Gasteiger partial charge is 0.0745 e. The lowest BCUT2D eigenvalue weighted by molar-refractivity contribution is -0.135. The van der Waals surface area contributed by atoms with Crippen LogP contribution in [0.15, 0.2) is 18.2 Å². The number of aryl methyl sites for hydroxylation is 2. The van der Waals surface area contributed by atoms with E-state index < -0.39 is 0 Å². The van der Waals surface area contributed by atoms with Gasteiger partial charge in [-0.3, -0.25) is 0 Å². The number of hydrogen-bond donors (Lipinski definition) is 1. The summed E-state index contributed by atoms with van der Waals surface area (Å²) in [4.78, 5) is 0. The van der Waals surface area contributed by atoms with Crippen LogP contribution >= 0.6 is 0 Å². The molecule has 3 nitrogen and oxygen atoms in total. The van der Waals surface area contributed by atoms with E-state index in [1.807, 2.05) is 0 Å². The maximum absolute atomic E-state index is 6.11. The van der Waals surface area contributed by atoms with Crippen molar-refractivity contribution >= 4 is 5.69 Å². The Balaban J connectivity index is 1.69. The molecule has 20 heavy (non-hydrogen) atoms. The van der Waals surface area contributed by atoms with E-state index in [0.717, 1.165) is 45.5 Å². The zero-order valence-corrected chi connectivity index (χ0v) is 12.6. The van der Waals surface area contributed by atoms with E-state index in [-0.39, 0.29) is 5.60 Å². The van der Waals surface area contributed by atoms with Crippen LogP contribution in [-0.4, -0.2) is 31.5 Å². The Labute approximate surface area is 121 Å². The third kappa shape index (κ3) is 2.99. The Morgan fingerprint density at radius 3 is 2.75 bits per heavy atom. The van der Waals surface area contributed by atoms with Crippen LogP contribution in [0.4, 0.5) is 5.69 Å². The van der Waals surface area contributed by atoms with E-state index in [1.165, 1.54) is 16.8 Å². The molecule has 0 saturated carbocycles. The van der Waals surface area contributed by atoms with Gasteiger partial charge in [-0.05, 0) is 56.7 Å². The first kappa shape index (κ1) is 13.9. The fourth-order valence-corrected chi connectivity index (χ4v) is 3.35. The number of benzene rings is 1. The van der Waals surface area contributed by atoms with E-state index >= 15 is 0 Å².